The number of anilines is 2. The summed E-state index contributed by atoms with van der Waals surface area (Å²) in [5.41, 5.74) is 8.76. The van der Waals surface area contributed by atoms with Crippen LogP contribution < -0.4 is 11.1 Å². The average molecular weight is 253 g/mol. The molecule has 0 amide bonds. The maximum atomic E-state index is 5.92. The highest BCUT2D eigenvalue weighted by molar-refractivity contribution is 7.10. The molecule has 2 aromatic rings. The van der Waals surface area contributed by atoms with E-state index in [1.165, 1.54) is 10.4 Å². The second kappa shape index (κ2) is 4.76. The van der Waals surface area contributed by atoms with Crippen molar-refractivity contribution in [3.8, 4) is 0 Å². The van der Waals surface area contributed by atoms with Crippen molar-refractivity contribution in [2.45, 2.75) is 13.5 Å². The van der Waals surface area contributed by atoms with E-state index in [0.717, 1.165) is 17.9 Å². The summed E-state index contributed by atoms with van der Waals surface area (Å²) in [5, 5.41) is 6.08. The molecule has 84 valence electrons. The van der Waals surface area contributed by atoms with Crippen molar-refractivity contribution in [2.75, 3.05) is 11.1 Å². The fourth-order valence-electron chi connectivity index (χ4n) is 1.44. The summed E-state index contributed by atoms with van der Waals surface area (Å²) in [6.07, 6.45) is 0. The molecule has 2 nitrogen and oxygen atoms in total. The summed E-state index contributed by atoms with van der Waals surface area (Å²) >= 11 is 7.66. The smallest absolute Gasteiger partial charge is 0.0591 e. The maximum absolute atomic E-state index is 5.92. The van der Waals surface area contributed by atoms with E-state index in [0.29, 0.717) is 5.02 Å². The number of aryl methyl sites for hydroxylation is 1. The highest BCUT2D eigenvalue weighted by Crippen LogP contribution is 2.24. The van der Waals surface area contributed by atoms with Crippen LogP contribution in [0.1, 0.15) is 10.4 Å². The molecule has 0 saturated heterocycles. The van der Waals surface area contributed by atoms with Crippen LogP contribution in [0.3, 0.4) is 0 Å². The third-order valence-electron chi connectivity index (χ3n) is 2.42. The molecular weight excluding hydrogens is 240 g/mol. The Labute approximate surface area is 104 Å². The Morgan fingerprint density at radius 2 is 2.19 bits per heavy atom. The highest BCUT2D eigenvalue weighted by atomic mass is 35.5. The van der Waals surface area contributed by atoms with Crippen LogP contribution >= 0.6 is 22.9 Å². The van der Waals surface area contributed by atoms with E-state index in [4.69, 9.17) is 17.3 Å². The molecule has 16 heavy (non-hydrogen) atoms. The standard InChI is InChI=1S/C12H13ClN2S/c1-8-4-5-16-12(8)7-15-11-6-9(13)2-3-10(11)14/h2-6,15H,7,14H2,1H3. The van der Waals surface area contributed by atoms with Gasteiger partial charge in [0.2, 0.25) is 0 Å². The van der Waals surface area contributed by atoms with Crippen LogP contribution in [0, 0.1) is 6.92 Å². The van der Waals surface area contributed by atoms with Crippen LogP contribution in [0.15, 0.2) is 29.6 Å². The quantitative estimate of drug-likeness (QED) is 0.813. The first-order valence-electron chi connectivity index (χ1n) is 4.98. The van der Waals surface area contributed by atoms with Crippen LogP contribution in [-0.2, 0) is 6.54 Å². The molecule has 2 rings (SSSR count). The first-order chi connectivity index (χ1) is 7.66. The van der Waals surface area contributed by atoms with Crippen molar-refractivity contribution >= 4 is 34.3 Å². The molecule has 1 aromatic heterocycles. The number of halogens is 1. The minimum absolute atomic E-state index is 0.694. The van der Waals surface area contributed by atoms with Gasteiger partial charge in [-0.05, 0) is 42.1 Å². The SMILES string of the molecule is Cc1ccsc1CNc1cc(Cl)ccc1N. The normalized spacial score (nSPS) is 10.4. The van der Waals surface area contributed by atoms with Crippen LogP contribution in [-0.4, -0.2) is 0 Å². The lowest BCUT2D eigenvalue weighted by Crippen LogP contribution is -2.01. The minimum Gasteiger partial charge on any atom is -0.397 e. The van der Waals surface area contributed by atoms with Crippen LogP contribution in [0.25, 0.3) is 0 Å². The first kappa shape index (κ1) is 11.3. The Morgan fingerprint density at radius 3 is 2.88 bits per heavy atom. The van der Waals surface area contributed by atoms with Gasteiger partial charge in [-0.1, -0.05) is 11.6 Å². The summed E-state index contributed by atoms with van der Waals surface area (Å²) in [4.78, 5) is 1.32. The number of thiophene rings is 1. The molecule has 0 aliphatic carbocycles. The lowest BCUT2D eigenvalue weighted by molar-refractivity contribution is 1.17. The lowest BCUT2D eigenvalue weighted by Gasteiger charge is -2.09. The van der Waals surface area contributed by atoms with E-state index in [2.05, 4.69) is 23.7 Å². The number of nitrogen functional groups attached to an aromatic ring is 1. The Hall–Kier alpha value is -1.19. The van der Waals surface area contributed by atoms with Gasteiger partial charge in [-0.3, -0.25) is 0 Å². The molecule has 0 aliphatic rings. The first-order valence-corrected chi connectivity index (χ1v) is 6.24. The zero-order chi connectivity index (χ0) is 11.5. The Balaban J connectivity index is 2.10. The number of nitrogens with two attached hydrogens (primary N) is 1. The fourth-order valence-corrected chi connectivity index (χ4v) is 2.46. The van der Waals surface area contributed by atoms with Crippen molar-refractivity contribution in [1.29, 1.82) is 0 Å². The van der Waals surface area contributed by atoms with E-state index in [-0.39, 0.29) is 0 Å². The van der Waals surface area contributed by atoms with Crippen LogP contribution in [0.5, 0.6) is 0 Å². The Morgan fingerprint density at radius 1 is 1.38 bits per heavy atom. The fraction of sp³-hybridized carbons (Fsp3) is 0.167. The molecule has 0 fully saturated rings. The van der Waals surface area contributed by atoms with Gasteiger partial charge < -0.3 is 11.1 Å². The molecular formula is C12H13ClN2S. The molecule has 0 aliphatic heterocycles. The maximum Gasteiger partial charge on any atom is 0.0591 e. The van der Waals surface area contributed by atoms with E-state index < -0.39 is 0 Å². The molecule has 1 heterocycles. The molecule has 4 heteroatoms. The topological polar surface area (TPSA) is 38.0 Å². The molecule has 0 spiro atoms. The van der Waals surface area contributed by atoms with Gasteiger partial charge >= 0.3 is 0 Å². The van der Waals surface area contributed by atoms with E-state index in [9.17, 15) is 0 Å². The van der Waals surface area contributed by atoms with Crippen LogP contribution in [0.2, 0.25) is 5.02 Å². The van der Waals surface area contributed by atoms with Crippen molar-refractivity contribution < 1.29 is 0 Å². The summed E-state index contributed by atoms with van der Waals surface area (Å²) in [6.45, 7) is 2.89. The van der Waals surface area contributed by atoms with Crippen molar-refractivity contribution in [2.24, 2.45) is 0 Å². The van der Waals surface area contributed by atoms with Gasteiger partial charge in [0.15, 0.2) is 0 Å². The molecule has 0 radical (unpaired) electrons. The second-order valence-electron chi connectivity index (χ2n) is 3.61. The summed E-state index contributed by atoms with van der Waals surface area (Å²) in [6, 6.07) is 7.56. The number of hydrogen-bond donors (Lipinski definition) is 2. The molecule has 0 unspecified atom stereocenters. The van der Waals surface area contributed by atoms with Crippen molar-refractivity contribution in [3.05, 3.63) is 45.1 Å². The third-order valence-corrected chi connectivity index (χ3v) is 3.68. The monoisotopic (exact) mass is 252 g/mol. The molecule has 0 bridgehead atoms. The van der Waals surface area contributed by atoms with Gasteiger partial charge in [0.05, 0.1) is 11.4 Å². The van der Waals surface area contributed by atoms with E-state index in [1.54, 1.807) is 17.4 Å². The number of benzene rings is 1. The van der Waals surface area contributed by atoms with Crippen LogP contribution in [0.4, 0.5) is 11.4 Å². The van der Waals surface area contributed by atoms with Gasteiger partial charge in [0.1, 0.15) is 0 Å². The molecule has 1 aromatic carbocycles. The average Bonchev–Trinajstić information content (AvgIpc) is 2.66. The Bertz CT molecular complexity index is 494. The number of nitrogens with one attached hydrogen (secondary N) is 1. The largest absolute Gasteiger partial charge is 0.397 e. The lowest BCUT2D eigenvalue weighted by atomic mass is 10.2. The Kier molecular flexibility index (Phi) is 3.36. The molecule has 0 saturated carbocycles. The highest BCUT2D eigenvalue weighted by Gasteiger charge is 2.02. The van der Waals surface area contributed by atoms with Gasteiger partial charge in [-0.15, -0.1) is 11.3 Å². The van der Waals surface area contributed by atoms with Gasteiger partial charge in [0.25, 0.3) is 0 Å². The molecule has 3 N–H and O–H groups in total. The van der Waals surface area contributed by atoms with Gasteiger partial charge in [-0.2, -0.15) is 0 Å². The van der Waals surface area contributed by atoms with Gasteiger partial charge in [-0.25, -0.2) is 0 Å². The zero-order valence-electron chi connectivity index (χ0n) is 8.96. The number of rotatable bonds is 3. The second-order valence-corrected chi connectivity index (χ2v) is 5.05. The predicted octanol–water partition coefficient (Wildman–Crippen LogP) is 3.90. The van der Waals surface area contributed by atoms with E-state index >= 15 is 0 Å². The van der Waals surface area contributed by atoms with Crippen molar-refractivity contribution in [3.63, 3.8) is 0 Å². The summed E-state index contributed by atoms with van der Waals surface area (Å²) < 4.78 is 0. The molecule has 0 atom stereocenters. The predicted molar refractivity (Wildman–Crippen MR) is 72.2 cm³/mol. The van der Waals surface area contributed by atoms with E-state index in [1.807, 2.05) is 12.1 Å². The third kappa shape index (κ3) is 2.49. The summed E-state index contributed by atoms with van der Waals surface area (Å²) in [7, 11) is 0. The number of hydrogen-bond acceptors (Lipinski definition) is 3. The minimum atomic E-state index is 0.694. The zero-order valence-corrected chi connectivity index (χ0v) is 10.5. The van der Waals surface area contributed by atoms with Crippen molar-refractivity contribution in [1.82, 2.24) is 0 Å². The van der Waals surface area contributed by atoms with Gasteiger partial charge in [0, 0.05) is 16.4 Å². The summed E-state index contributed by atoms with van der Waals surface area (Å²) in [5.74, 6) is 0.